The Morgan fingerprint density at radius 1 is 1.00 bits per heavy atom. The van der Waals surface area contributed by atoms with Crippen LogP contribution in [0.1, 0.15) is 0 Å². The van der Waals surface area contributed by atoms with Crippen LogP contribution in [0.5, 0.6) is 11.5 Å². The Morgan fingerprint density at radius 3 is 2.75 bits per heavy atom. The normalized spacial score (nSPS) is 10.5. The zero-order valence-corrected chi connectivity index (χ0v) is 8.47. The third kappa shape index (κ3) is 1.52. The molecule has 1 radical (unpaired) electrons. The van der Waals surface area contributed by atoms with E-state index in [9.17, 15) is 0 Å². The highest BCUT2D eigenvalue weighted by atomic mass is 16.5. The van der Waals surface area contributed by atoms with Gasteiger partial charge in [0.1, 0.15) is 11.3 Å². The lowest BCUT2D eigenvalue weighted by Crippen LogP contribution is -1.84. The van der Waals surface area contributed by atoms with E-state index in [1.165, 1.54) is 0 Å². The number of aromatic nitrogens is 2. The minimum absolute atomic E-state index is 0.737. The van der Waals surface area contributed by atoms with Gasteiger partial charge in [0, 0.05) is 0 Å². The first-order valence-electron chi connectivity index (χ1n) is 5.01. The molecule has 0 saturated heterocycles. The fraction of sp³-hybridized carbons (Fsp3) is 0. The molecular formula is C13H9N2O. The highest BCUT2D eigenvalue weighted by molar-refractivity contribution is 5.81. The summed E-state index contributed by atoms with van der Waals surface area (Å²) in [5, 5.41) is 0. The van der Waals surface area contributed by atoms with Gasteiger partial charge in [0.2, 0.25) is 0 Å². The van der Waals surface area contributed by atoms with Crippen molar-refractivity contribution in [2.45, 2.75) is 0 Å². The summed E-state index contributed by atoms with van der Waals surface area (Å²) in [4.78, 5) is 7.04. The minimum atomic E-state index is 0.737. The van der Waals surface area contributed by atoms with Crippen molar-refractivity contribution in [3.63, 3.8) is 0 Å². The van der Waals surface area contributed by atoms with Gasteiger partial charge in [-0.25, -0.2) is 4.98 Å². The number of rotatable bonds is 2. The second kappa shape index (κ2) is 3.70. The molecule has 16 heavy (non-hydrogen) atoms. The summed E-state index contributed by atoms with van der Waals surface area (Å²) in [6, 6.07) is 15.4. The number of aromatic amines is 1. The maximum Gasteiger partial charge on any atom is 0.174 e. The monoisotopic (exact) mass is 209 g/mol. The van der Waals surface area contributed by atoms with E-state index in [4.69, 9.17) is 4.74 Å². The van der Waals surface area contributed by atoms with E-state index in [-0.39, 0.29) is 0 Å². The summed E-state index contributed by atoms with van der Waals surface area (Å²) in [6.07, 6.45) is 2.71. The van der Waals surface area contributed by atoms with E-state index in [0.29, 0.717) is 0 Å². The van der Waals surface area contributed by atoms with Crippen LogP contribution in [-0.4, -0.2) is 9.97 Å². The van der Waals surface area contributed by atoms with Crippen molar-refractivity contribution in [1.29, 1.82) is 0 Å². The summed E-state index contributed by atoms with van der Waals surface area (Å²) in [5.74, 6) is 1.54. The Morgan fingerprint density at radius 2 is 1.88 bits per heavy atom. The van der Waals surface area contributed by atoms with Crippen LogP contribution in [0.2, 0.25) is 0 Å². The molecule has 3 nitrogen and oxygen atoms in total. The van der Waals surface area contributed by atoms with Crippen LogP contribution in [0.15, 0.2) is 48.5 Å². The SMILES string of the molecule is [c]1nc2c(Oc3ccccc3)cccc2[nH]1. The molecule has 3 heteroatoms. The van der Waals surface area contributed by atoms with Crippen molar-refractivity contribution in [3.8, 4) is 11.5 Å². The molecule has 0 aliphatic rings. The Balaban J connectivity index is 2.04. The Labute approximate surface area is 92.7 Å². The third-order valence-electron chi connectivity index (χ3n) is 2.33. The van der Waals surface area contributed by atoms with Crippen molar-refractivity contribution in [2.75, 3.05) is 0 Å². The molecule has 2 aromatic carbocycles. The molecule has 0 bridgehead atoms. The topological polar surface area (TPSA) is 37.9 Å². The molecule has 0 aliphatic heterocycles. The van der Waals surface area contributed by atoms with Crippen LogP contribution in [0.25, 0.3) is 11.0 Å². The number of nitrogens with one attached hydrogen (secondary N) is 1. The lowest BCUT2D eigenvalue weighted by Gasteiger charge is -2.05. The number of imidazole rings is 1. The number of H-pyrrole nitrogens is 1. The third-order valence-corrected chi connectivity index (χ3v) is 2.33. The van der Waals surface area contributed by atoms with Crippen LogP contribution in [-0.2, 0) is 0 Å². The zero-order valence-electron chi connectivity index (χ0n) is 8.47. The Bertz CT molecular complexity index is 601. The summed E-state index contributed by atoms with van der Waals surface area (Å²) in [7, 11) is 0. The summed E-state index contributed by atoms with van der Waals surface area (Å²) < 4.78 is 5.75. The maximum atomic E-state index is 5.75. The molecule has 0 fully saturated rings. The van der Waals surface area contributed by atoms with Crippen LogP contribution < -0.4 is 4.74 Å². The molecule has 0 spiro atoms. The molecule has 0 amide bonds. The van der Waals surface area contributed by atoms with Crippen LogP contribution in [0, 0.1) is 6.33 Å². The maximum absolute atomic E-state index is 5.75. The van der Waals surface area contributed by atoms with Crippen molar-refractivity contribution in [1.82, 2.24) is 9.97 Å². The van der Waals surface area contributed by atoms with E-state index < -0.39 is 0 Å². The highest BCUT2D eigenvalue weighted by Crippen LogP contribution is 2.27. The molecule has 0 aliphatic carbocycles. The number of nitrogens with zero attached hydrogens (tertiary/aromatic N) is 1. The van der Waals surface area contributed by atoms with Crippen LogP contribution in [0.4, 0.5) is 0 Å². The standard InChI is InChI=1S/C13H9N2O/c1-2-5-10(6-3-1)16-12-8-4-7-11-13(12)15-9-14-11/h1-8H,(H,14,15). The summed E-state index contributed by atoms with van der Waals surface area (Å²) >= 11 is 0. The van der Waals surface area contributed by atoms with E-state index >= 15 is 0 Å². The molecule has 3 aromatic rings. The highest BCUT2D eigenvalue weighted by Gasteiger charge is 2.04. The predicted octanol–water partition coefficient (Wildman–Crippen LogP) is 3.16. The molecular weight excluding hydrogens is 200 g/mol. The first-order valence-corrected chi connectivity index (χ1v) is 5.01. The van der Waals surface area contributed by atoms with Gasteiger partial charge in [-0.15, -0.1) is 0 Å². The summed E-state index contributed by atoms with van der Waals surface area (Å²) in [6.45, 7) is 0. The lowest BCUT2D eigenvalue weighted by molar-refractivity contribution is 0.487. The molecule has 0 saturated carbocycles. The smallest absolute Gasteiger partial charge is 0.174 e. The van der Waals surface area contributed by atoms with Crippen molar-refractivity contribution in [2.24, 2.45) is 0 Å². The lowest BCUT2D eigenvalue weighted by atomic mass is 10.3. The van der Waals surface area contributed by atoms with Gasteiger partial charge in [0.05, 0.1) is 5.52 Å². The Hall–Kier alpha value is -2.29. The molecule has 1 N–H and O–H groups in total. The van der Waals surface area contributed by atoms with Gasteiger partial charge < -0.3 is 9.72 Å². The van der Waals surface area contributed by atoms with Gasteiger partial charge in [0.15, 0.2) is 12.1 Å². The van der Waals surface area contributed by atoms with E-state index in [2.05, 4.69) is 16.3 Å². The molecule has 1 aromatic heterocycles. The van der Waals surface area contributed by atoms with Gasteiger partial charge >= 0.3 is 0 Å². The van der Waals surface area contributed by atoms with Gasteiger partial charge in [-0.05, 0) is 24.3 Å². The van der Waals surface area contributed by atoms with Crippen LogP contribution >= 0.6 is 0 Å². The predicted molar refractivity (Wildman–Crippen MR) is 61.4 cm³/mol. The number of para-hydroxylation sites is 2. The first kappa shape index (κ1) is 8.97. The van der Waals surface area contributed by atoms with Gasteiger partial charge in [0.25, 0.3) is 0 Å². The first-order chi connectivity index (χ1) is 7.93. The second-order valence-electron chi connectivity index (χ2n) is 3.42. The van der Waals surface area contributed by atoms with Crippen molar-refractivity contribution >= 4 is 11.0 Å². The number of fused-ring (bicyclic) bond motifs is 1. The minimum Gasteiger partial charge on any atom is -0.455 e. The number of hydrogen-bond donors (Lipinski definition) is 1. The Kier molecular flexibility index (Phi) is 2.07. The molecule has 1 heterocycles. The van der Waals surface area contributed by atoms with Crippen molar-refractivity contribution in [3.05, 3.63) is 54.9 Å². The van der Waals surface area contributed by atoms with E-state index in [0.717, 1.165) is 22.5 Å². The van der Waals surface area contributed by atoms with Gasteiger partial charge in [-0.1, -0.05) is 24.3 Å². The van der Waals surface area contributed by atoms with Crippen LogP contribution in [0.3, 0.4) is 0 Å². The zero-order chi connectivity index (χ0) is 10.8. The average Bonchev–Trinajstić information content (AvgIpc) is 2.80. The number of benzene rings is 2. The molecule has 3 rings (SSSR count). The van der Waals surface area contributed by atoms with E-state index in [1.807, 2.05) is 48.5 Å². The van der Waals surface area contributed by atoms with Crippen molar-refractivity contribution < 1.29 is 4.74 Å². The van der Waals surface area contributed by atoms with E-state index in [1.54, 1.807) is 0 Å². The fourth-order valence-electron chi connectivity index (χ4n) is 1.58. The quantitative estimate of drug-likeness (QED) is 0.704. The molecule has 0 unspecified atom stereocenters. The van der Waals surface area contributed by atoms with Gasteiger partial charge in [-0.3, -0.25) is 0 Å². The fourth-order valence-corrected chi connectivity index (χ4v) is 1.58. The largest absolute Gasteiger partial charge is 0.455 e. The summed E-state index contributed by atoms with van der Waals surface area (Å²) in [5.41, 5.74) is 1.72. The second-order valence-corrected chi connectivity index (χ2v) is 3.42. The molecule has 0 atom stereocenters. The number of hydrogen-bond acceptors (Lipinski definition) is 2. The average molecular weight is 209 g/mol. The van der Waals surface area contributed by atoms with Gasteiger partial charge in [-0.2, -0.15) is 0 Å². The number of ether oxygens (including phenoxy) is 1. The molecule has 77 valence electrons.